The third-order valence-electron chi connectivity index (χ3n) is 4.33. The van der Waals surface area contributed by atoms with Crippen LogP contribution in [0.5, 0.6) is 0 Å². The van der Waals surface area contributed by atoms with Gasteiger partial charge in [-0.05, 0) is 24.3 Å². The van der Waals surface area contributed by atoms with Gasteiger partial charge in [0.25, 0.3) is 0 Å². The minimum Gasteiger partial charge on any atom is -0.382 e. The molecule has 0 saturated carbocycles. The number of nitrogen functional groups attached to an aromatic ring is 1. The molecule has 0 aliphatic carbocycles. The summed E-state index contributed by atoms with van der Waals surface area (Å²) >= 11 is 0. The summed E-state index contributed by atoms with van der Waals surface area (Å²) in [6.07, 6.45) is 1.83. The summed E-state index contributed by atoms with van der Waals surface area (Å²) in [7, 11) is 0. The minimum atomic E-state index is -0.315. The highest BCUT2D eigenvalue weighted by Crippen LogP contribution is 2.23. The smallest absolute Gasteiger partial charge is 0.149 e. The number of hydrogen-bond donors (Lipinski definition) is 2. The lowest BCUT2D eigenvalue weighted by Crippen LogP contribution is -2.12. The molecule has 0 spiro atoms. The molecule has 0 aliphatic heterocycles. The standard InChI is InChI=1S/C20H16FN7/c21-13-6-7-16-17(10-13)28(14-4-2-1-3-5-14)18(27-16)8-9-24-20-15(11-22)19(23)25-12-26-20/h1-7,10,12H,8-9H2,(H3,23,24,25,26). The molecule has 0 saturated heterocycles. The van der Waals surface area contributed by atoms with Crippen molar-refractivity contribution in [3.05, 3.63) is 72.1 Å². The van der Waals surface area contributed by atoms with Crippen LogP contribution in [0.3, 0.4) is 0 Å². The number of nitrogens with zero attached hydrogens (tertiary/aromatic N) is 5. The number of imidazole rings is 1. The first-order valence-electron chi connectivity index (χ1n) is 8.64. The molecule has 0 fully saturated rings. The molecule has 2 aromatic heterocycles. The Kier molecular flexibility index (Phi) is 4.56. The van der Waals surface area contributed by atoms with E-state index in [1.807, 2.05) is 41.0 Å². The van der Waals surface area contributed by atoms with E-state index in [1.54, 1.807) is 6.07 Å². The van der Waals surface area contributed by atoms with Crippen LogP contribution in [0.15, 0.2) is 54.9 Å². The lowest BCUT2D eigenvalue weighted by Gasteiger charge is -2.11. The molecular weight excluding hydrogens is 357 g/mol. The van der Waals surface area contributed by atoms with E-state index in [9.17, 15) is 9.65 Å². The number of nitrogens with one attached hydrogen (secondary N) is 1. The second-order valence-electron chi connectivity index (χ2n) is 6.10. The maximum atomic E-state index is 13.8. The lowest BCUT2D eigenvalue weighted by atomic mass is 10.2. The molecule has 8 heteroatoms. The Morgan fingerprint density at radius 1 is 1.14 bits per heavy atom. The molecule has 28 heavy (non-hydrogen) atoms. The van der Waals surface area contributed by atoms with Gasteiger partial charge in [0, 0.05) is 24.7 Å². The molecule has 0 atom stereocenters. The Labute approximate surface area is 160 Å². The predicted octanol–water partition coefficient (Wildman–Crippen LogP) is 3.06. The second kappa shape index (κ2) is 7.32. The Hall–Kier alpha value is -3.99. The van der Waals surface area contributed by atoms with E-state index in [-0.39, 0.29) is 17.2 Å². The summed E-state index contributed by atoms with van der Waals surface area (Å²) in [5.74, 6) is 0.958. The van der Waals surface area contributed by atoms with Crippen molar-refractivity contribution < 1.29 is 4.39 Å². The Morgan fingerprint density at radius 3 is 2.75 bits per heavy atom. The SMILES string of the molecule is N#Cc1c(N)ncnc1NCCc1nc2ccc(F)cc2n1-c1ccccc1. The highest BCUT2D eigenvalue weighted by Gasteiger charge is 2.14. The van der Waals surface area contributed by atoms with E-state index in [4.69, 9.17) is 5.73 Å². The van der Waals surface area contributed by atoms with Crippen LogP contribution < -0.4 is 11.1 Å². The van der Waals surface area contributed by atoms with Crippen molar-refractivity contribution >= 4 is 22.7 Å². The van der Waals surface area contributed by atoms with Gasteiger partial charge in [-0.1, -0.05) is 18.2 Å². The number of nitrogens with two attached hydrogens (primary N) is 1. The monoisotopic (exact) mass is 373 g/mol. The first-order chi connectivity index (χ1) is 13.7. The van der Waals surface area contributed by atoms with Crippen LogP contribution in [0.1, 0.15) is 11.4 Å². The molecule has 0 amide bonds. The normalized spacial score (nSPS) is 10.7. The summed E-state index contributed by atoms with van der Waals surface area (Å²) < 4.78 is 15.8. The quantitative estimate of drug-likeness (QED) is 0.557. The van der Waals surface area contributed by atoms with Crippen LogP contribution in [0.25, 0.3) is 16.7 Å². The fourth-order valence-electron chi connectivity index (χ4n) is 3.07. The highest BCUT2D eigenvalue weighted by molar-refractivity contribution is 5.78. The first kappa shape index (κ1) is 17.4. The molecule has 0 unspecified atom stereocenters. The summed E-state index contributed by atoms with van der Waals surface area (Å²) in [6, 6.07) is 16.2. The Bertz CT molecular complexity index is 1180. The largest absolute Gasteiger partial charge is 0.382 e. The van der Waals surface area contributed by atoms with Crippen LogP contribution in [0.4, 0.5) is 16.0 Å². The molecule has 4 rings (SSSR count). The number of halogens is 1. The van der Waals surface area contributed by atoms with Crippen molar-refractivity contribution in [3.8, 4) is 11.8 Å². The summed E-state index contributed by atoms with van der Waals surface area (Å²) in [4.78, 5) is 12.6. The third-order valence-corrected chi connectivity index (χ3v) is 4.33. The lowest BCUT2D eigenvalue weighted by molar-refractivity contribution is 0.629. The van der Waals surface area contributed by atoms with Crippen molar-refractivity contribution in [2.24, 2.45) is 0 Å². The number of benzene rings is 2. The third kappa shape index (κ3) is 3.21. The topological polar surface area (TPSA) is 105 Å². The fraction of sp³-hybridized carbons (Fsp3) is 0.100. The van der Waals surface area contributed by atoms with Crippen molar-refractivity contribution in [1.82, 2.24) is 19.5 Å². The maximum absolute atomic E-state index is 13.8. The first-order valence-corrected chi connectivity index (χ1v) is 8.64. The molecule has 0 aliphatic rings. The predicted molar refractivity (Wildman–Crippen MR) is 104 cm³/mol. The summed E-state index contributed by atoms with van der Waals surface area (Å²) in [5, 5.41) is 12.3. The summed E-state index contributed by atoms with van der Waals surface area (Å²) in [6.45, 7) is 0.462. The van der Waals surface area contributed by atoms with Gasteiger partial charge in [-0.2, -0.15) is 5.26 Å². The van der Waals surface area contributed by atoms with Crippen LogP contribution in [-0.4, -0.2) is 26.1 Å². The van der Waals surface area contributed by atoms with Gasteiger partial charge in [0.05, 0.1) is 11.0 Å². The number of fused-ring (bicyclic) bond motifs is 1. The van der Waals surface area contributed by atoms with Gasteiger partial charge < -0.3 is 11.1 Å². The zero-order chi connectivity index (χ0) is 19.5. The van der Waals surface area contributed by atoms with E-state index in [0.717, 1.165) is 11.5 Å². The van der Waals surface area contributed by atoms with Crippen molar-refractivity contribution in [1.29, 1.82) is 5.26 Å². The maximum Gasteiger partial charge on any atom is 0.149 e. The van der Waals surface area contributed by atoms with Gasteiger partial charge in [0.1, 0.15) is 41.2 Å². The molecule has 3 N–H and O–H groups in total. The number of nitriles is 1. The van der Waals surface area contributed by atoms with Gasteiger partial charge in [-0.15, -0.1) is 0 Å². The van der Waals surface area contributed by atoms with Gasteiger partial charge >= 0.3 is 0 Å². The average molecular weight is 373 g/mol. The van der Waals surface area contributed by atoms with Gasteiger partial charge in [0.15, 0.2) is 0 Å². The van der Waals surface area contributed by atoms with Crippen molar-refractivity contribution in [2.45, 2.75) is 6.42 Å². The Balaban J connectivity index is 1.66. The average Bonchev–Trinajstić information content (AvgIpc) is 3.06. The Morgan fingerprint density at radius 2 is 1.96 bits per heavy atom. The zero-order valence-electron chi connectivity index (χ0n) is 14.8. The van der Waals surface area contributed by atoms with E-state index in [0.29, 0.717) is 29.8 Å². The van der Waals surface area contributed by atoms with E-state index >= 15 is 0 Å². The molecule has 7 nitrogen and oxygen atoms in total. The molecule has 4 aromatic rings. The second-order valence-corrected chi connectivity index (χ2v) is 6.10. The number of rotatable bonds is 5. The molecule has 2 aromatic carbocycles. The molecule has 138 valence electrons. The molecule has 0 radical (unpaired) electrons. The highest BCUT2D eigenvalue weighted by atomic mass is 19.1. The van der Waals surface area contributed by atoms with E-state index < -0.39 is 0 Å². The van der Waals surface area contributed by atoms with E-state index in [1.165, 1.54) is 18.5 Å². The van der Waals surface area contributed by atoms with Gasteiger partial charge in [-0.25, -0.2) is 19.3 Å². The van der Waals surface area contributed by atoms with E-state index in [2.05, 4.69) is 20.3 Å². The molecule has 0 bridgehead atoms. The number of anilines is 2. The van der Waals surface area contributed by atoms with Crippen molar-refractivity contribution in [3.63, 3.8) is 0 Å². The minimum absolute atomic E-state index is 0.131. The fourth-order valence-corrected chi connectivity index (χ4v) is 3.07. The summed E-state index contributed by atoms with van der Waals surface area (Å²) in [5.41, 5.74) is 8.23. The number of aromatic nitrogens is 4. The van der Waals surface area contributed by atoms with Crippen molar-refractivity contribution in [2.75, 3.05) is 17.6 Å². The number of para-hydroxylation sites is 1. The van der Waals surface area contributed by atoms with Crippen LogP contribution in [0, 0.1) is 17.1 Å². The molecule has 2 heterocycles. The zero-order valence-corrected chi connectivity index (χ0v) is 14.8. The van der Waals surface area contributed by atoms with Crippen LogP contribution >= 0.6 is 0 Å². The number of hydrogen-bond acceptors (Lipinski definition) is 6. The van der Waals surface area contributed by atoms with Crippen LogP contribution in [-0.2, 0) is 6.42 Å². The van der Waals surface area contributed by atoms with Gasteiger partial charge in [0.2, 0.25) is 0 Å². The van der Waals surface area contributed by atoms with Gasteiger partial charge in [-0.3, -0.25) is 4.57 Å². The molecular formula is C20H16FN7. The van der Waals surface area contributed by atoms with Crippen LogP contribution in [0.2, 0.25) is 0 Å².